The number of hydrogen-bond donors (Lipinski definition) is 1. The number of carbonyl (C=O) groups excluding carboxylic acids is 1. The molecule has 0 aliphatic heterocycles. The van der Waals surface area contributed by atoms with Gasteiger partial charge in [0.05, 0.1) is 17.2 Å². The second-order valence-corrected chi connectivity index (χ2v) is 4.62. The molecule has 4 heteroatoms. The van der Waals surface area contributed by atoms with Gasteiger partial charge in [0.15, 0.2) is 0 Å². The second-order valence-electron chi connectivity index (χ2n) is 3.50. The number of nitrogen functional groups attached to an aromatic ring is 1. The van der Waals surface area contributed by atoms with Crippen LogP contribution in [0.25, 0.3) is 10.4 Å². The van der Waals surface area contributed by atoms with Crippen molar-refractivity contribution in [3.8, 4) is 10.4 Å². The molecule has 0 spiro atoms. The fourth-order valence-corrected chi connectivity index (χ4v) is 2.27. The van der Waals surface area contributed by atoms with Gasteiger partial charge in [-0.1, -0.05) is 12.1 Å². The van der Waals surface area contributed by atoms with Gasteiger partial charge < -0.3 is 10.5 Å². The highest BCUT2D eigenvalue weighted by Gasteiger charge is 2.07. The highest BCUT2D eigenvalue weighted by Crippen LogP contribution is 2.29. The maximum absolute atomic E-state index is 11.5. The molecule has 0 atom stereocenters. The maximum Gasteiger partial charge on any atom is 0.338 e. The van der Waals surface area contributed by atoms with Crippen LogP contribution in [0.4, 0.5) is 5.00 Å². The molecule has 0 aliphatic carbocycles. The maximum atomic E-state index is 11.5. The number of ether oxygens (including phenoxy) is 1. The summed E-state index contributed by atoms with van der Waals surface area (Å²) in [5, 5.41) is 0.787. The quantitative estimate of drug-likeness (QED) is 0.847. The van der Waals surface area contributed by atoms with E-state index in [0.717, 1.165) is 15.4 Å². The van der Waals surface area contributed by atoms with Gasteiger partial charge in [-0.05, 0) is 36.8 Å². The van der Waals surface area contributed by atoms with Gasteiger partial charge >= 0.3 is 5.97 Å². The molecule has 0 fully saturated rings. The molecule has 2 aromatic rings. The number of thiophene rings is 1. The van der Waals surface area contributed by atoms with E-state index < -0.39 is 0 Å². The van der Waals surface area contributed by atoms with Crippen molar-refractivity contribution in [1.82, 2.24) is 0 Å². The van der Waals surface area contributed by atoms with E-state index in [1.165, 1.54) is 11.3 Å². The van der Waals surface area contributed by atoms with Crippen molar-refractivity contribution >= 4 is 22.3 Å². The van der Waals surface area contributed by atoms with Crippen LogP contribution in [0.2, 0.25) is 0 Å². The van der Waals surface area contributed by atoms with E-state index in [1.54, 1.807) is 19.1 Å². The van der Waals surface area contributed by atoms with Gasteiger partial charge in [0.2, 0.25) is 0 Å². The summed E-state index contributed by atoms with van der Waals surface area (Å²) < 4.78 is 4.92. The van der Waals surface area contributed by atoms with Crippen LogP contribution in [0.15, 0.2) is 36.4 Å². The predicted octanol–water partition coefficient (Wildman–Crippen LogP) is 3.17. The molecule has 2 N–H and O–H groups in total. The number of hydrogen-bond acceptors (Lipinski definition) is 4. The van der Waals surface area contributed by atoms with Crippen molar-refractivity contribution in [3.05, 3.63) is 42.0 Å². The van der Waals surface area contributed by atoms with Gasteiger partial charge in [0.25, 0.3) is 0 Å². The number of esters is 1. The van der Waals surface area contributed by atoms with Crippen LogP contribution in [0.3, 0.4) is 0 Å². The molecule has 17 heavy (non-hydrogen) atoms. The van der Waals surface area contributed by atoms with Gasteiger partial charge in [-0.15, -0.1) is 11.3 Å². The Balaban J connectivity index is 2.21. The van der Waals surface area contributed by atoms with Crippen molar-refractivity contribution in [2.75, 3.05) is 12.3 Å². The molecule has 1 heterocycles. The van der Waals surface area contributed by atoms with Crippen molar-refractivity contribution in [2.45, 2.75) is 6.92 Å². The number of carbonyl (C=O) groups is 1. The van der Waals surface area contributed by atoms with Crippen molar-refractivity contribution in [1.29, 1.82) is 0 Å². The summed E-state index contributed by atoms with van der Waals surface area (Å²) >= 11 is 1.53. The Morgan fingerprint density at radius 3 is 2.47 bits per heavy atom. The Morgan fingerprint density at radius 1 is 1.24 bits per heavy atom. The van der Waals surface area contributed by atoms with Crippen LogP contribution in [-0.4, -0.2) is 12.6 Å². The Morgan fingerprint density at radius 2 is 1.94 bits per heavy atom. The lowest BCUT2D eigenvalue weighted by molar-refractivity contribution is 0.0526. The minimum Gasteiger partial charge on any atom is -0.462 e. The molecule has 0 bridgehead atoms. The summed E-state index contributed by atoms with van der Waals surface area (Å²) in [6.45, 7) is 2.18. The van der Waals surface area contributed by atoms with Crippen molar-refractivity contribution in [2.24, 2.45) is 0 Å². The van der Waals surface area contributed by atoms with E-state index in [-0.39, 0.29) is 5.97 Å². The zero-order valence-corrected chi connectivity index (χ0v) is 10.3. The number of anilines is 1. The van der Waals surface area contributed by atoms with E-state index in [9.17, 15) is 4.79 Å². The first kappa shape index (κ1) is 11.7. The molecule has 3 nitrogen and oxygen atoms in total. The fraction of sp³-hybridized carbons (Fsp3) is 0.154. The number of rotatable bonds is 3. The monoisotopic (exact) mass is 247 g/mol. The molecule has 0 unspecified atom stereocenters. The Labute approximate surface area is 104 Å². The van der Waals surface area contributed by atoms with E-state index in [0.29, 0.717) is 12.2 Å². The number of nitrogens with two attached hydrogens (primary N) is 1. The molecular formula is C13H13NO2S. The van der Waals surface area contributed by atoms with Gasteiger partial charge in [-0.25, -0.2) is 4.79 Å². The Kier molecular flexibility index (Phi) is 3.44. The third-order valence-electron chi connectivity index (χ3n) is 2.31. The van der Waals surface area contributed by atoms with Crippen LogP contribution >= 0.6 is 11.3 Å². The molecule has 0 amide bonds. The minimum atomic E-state index is -0.287. The smallest absolute Gasteiger partial charge is 0.338 e. The Bertz CT molecular complexity index is 516. The summed E-state index contributed by atoms with van der Waals surface area (Å²) in [5.41, 5.74) is 7.30. The highest BCUT2D eigenvalue weighted by molar-refractivity contribution is 7.19. The average molecular weight is 247 g/mol. The van der Waals surface area contributed by atoms with Gasteiger partial charge in [-0.2, -0.15) is 0 Å². The van der Waals surface area contributed by atoms with E-state index in [1.807, 2.05) is 24.3 Å². The van der Waals surface area contributed by atoms with Crippen LogP contribution in [-0.2, 0) is 4.74 Å². The summed E-state index contributed by atoms with van der Waals surface area (Å²) in [6.07, 6.45) is 0. The van der Waals surface area contributed by atoms with Gasteiger partial charge in [0, 0.05) is 4.88 Å². The largest absolute Gasteiger partial charge is 0.462 e. The van der Waals surface area contributed by atoms with Crippen LogP contribution in [0, 0.1) is 0 Å². The molecule has 2 rings (SSSR count). The molecule has 0 radical (unpaired) electrons. The van der Waals surface area contributed by atoms with Crippen LogP contribution in [0.1, 0.15) is 17.3 Å². The third-order valence-corrected chi connectivity index (χ3v) is 3.27. The minimum absolute atomic E-state index is 0.287. The first-order valence-corrected chi connectivity index (χ1v) is 6.15. The van der Waals surface area contributed by atoms with Gasteiger partial charge in [-0.3, -0.25) is 0 Å². The summed E-state index contributed by atoms with van der Waals surface area (Å²) in [5.74, 6) is -0.287. The molecule has 1 aromatic carbocycles. The average Bonchev–Trinajstić information content (AvgIpc) is 2.76. The number of benzene rings is 1. The lowest BCUT2D eigenvalue weighted by Gasteiger charge is -2.02. The van der Waals surface area contributed by atoms with E-state index in [2.05, 4.69) is 0 Å². The fourth-order valence-electron chi connectivity index (χ4n) is 1.49. The molecule has 0 saturated carbocycles. The summed E-state index contributed by atoms with van der Waals surface area (Å²) in [6, 6.07) is 11.2. The first-order valence-electron chi connectivity index (χ1n) is 5.33. The molecule has 0 aliphatic rings. The normalized spacial score (nSPS) is 10.2. The zero-order valence-electron chi connectivity index (χ0n) is 9.47. The SMILES string of the molecule is CCOC(=O)c1ccc(-c2ccc(N)s2)cc1. The predicted molar refractivity (Wildman–Crippen MR) is 70.1 cm³/mol. The van der Waals surface area contributed by atoms with Crippen molar-refractivity contribution in [3.63, 3.8) is 0 Å². The molecule has 88 valence electrons. The van der Waals surface area contributed by atoms with E-state index in [4.69, 9.17) is 10.5 Å². The highest BCUT2D eigenvalue weighted by atomic mass is 32.1. The standard InChI is InChI=1S/C13H13NO2S/c1-2-16-13(15)10-5-3-9(4-6-10)11-7-8-12(14)17-11/h3-8H,2,14H2,1H3. The summed E-state index contributed by atoms with van der Waals surface area (Å²) in [7, 11) is 0. The first-order chi connectivity index (χ1) is 8.20. The zero-order chi connectivity index (χ0) is 12.3. The molecule has 1 aromatic heterocycles. The lowest BCUT2D eigenvalue weighted by Crippen LogP contribution is -2.03. The lowest BCUT2D eigenvalue weighted by atomic mass is 10.1. The summed E-state index contributed by atoms with van der Waals surface area (Å²) in [4.78, 5) is 12.6. The van der Waals surface area contributed by atoms with Crippen LogP contribution < -0.4 is 5.73 Å². The van der Waals surface area contributed by atoms with Crippen molar-refractivity contribution < 1.29 is 9.53 Å². The third kappa shape index (κ3) is 2.65. The Hall–Kier alpha value is -1.81. The second kappa shape index (κ2) is 5.01. The topological polar surface area (TPSA) is 52.3 Å². The van der Waals surface area contributed by atoms with E-state index >= 15 is 0 Å². The molecular weight excluding hydrogens is 234 g/mol. The van der Waals surface area contributed by atoms with Crippen LogP contribution in [0.5, 0.6) is 0 Å². The van der Waals surface area contributed by atoms with Gasteiger partial charge in [0.1, 0.15) is 0 Å². The molecule has 0 saturated heterocycles.